The molecule has 2 amide bonds. The fourth-order valence-electron chi connectivity index (χ4n) is 3.54. The van der Waals surface area contributed by atoms with Crippen molar-refractivity contribution >= 4 is 17.8 Å². The third kappa shape index (κ3) is 9.11. The topological polar surface area (TPSA) is 129 Å². The number of rotatable bonds is 12. The van der Waals surface area contributed by atoms with Gasteiger partial charge in [-0.25, -0.2) is 4.79 Å². The van der Waals surface area contributed by atoms with Crippen molar-refractivity contribution in [2.75, 3.05) is 13.7 Å². The Bertz CT molecular complexity index is 795. The highest BCUT2D eigenvalue weighted by Crippen LogP contribution is 2.24. The van der Waals surface area contributed by atoms with Crippen LogP contribution in [-0.4, -0.2) is 67.1 Å². The summed E-state index contributed by atoms with van der Waals surface area (Å²) in [5.74, 6) is -0.293. The van der Waals surface area contributed by atoms with Gasteiger partial charge < -0.3 is 30.0 Å². The Morgan fingerprint density at radius 1 is 1.15 bits per heavy atom. The third-order valence-corrected chi connectivity index (χ3v) is 5.56. The van der Waals surface area contributed by atoms with E-state index in [4.69, 9.17) is 4.74 Å². The molecule has 1 aliphatic rings. The largest absolute Gasteiger partial charge is 0.453 e. The number of carbonyl (C=O) groups excluding carboxylic acids is 3. The number of benzene rings is 1. The van der Waals surface area contributed by atoms with Gasteiger partial charge in [-0.05, 0) is 30.7 Å². The fourth-order valence-corrected chi connectivity index (χ4v) is 3.54. The maximum atomic E-state index is 13.1. The lowest BCUT2D eigenvalue weighted by Crippen LogP contribution is -2.58. The molecule has 9 nitrogen and oxygen atoms in total. The van der Waals surface area contributed by atoms with Crippen LogP contribution in [0.4, 0.5) is 4.79 Å². The smallest absolute Gasteiger partial charge is 0.407 e. The molecule has 33 heavy (non-hydrogen) atoms. The zero-order valence-electron chi connectivity index (χ0n) is 20.1. The molecule has 1 aliphatic heterocycles. The Hall–Kier alpha value is -2.49. The van der Waals surface area contributed by atoms with Gasteiger partial charge in [0.2, 0.25) is 5.91 Å². The number of aliphatic hydroxyl groups excluding tert-OH is 1. The zero-order chi connectivity index (χ0) is 24.6. The molecule has 3 unspecified atom stereocenters. The van der Waals surface area contributed by atoms with E-state index in [0.29, 0.717) is 19.3 Å². The summed E-state index contributed by atoms with van der Waals surface area (Å²) in [7, 11) is 1.24. The van der Waals surface area contributed by atoms with Gasteiger partial charge in [0, 0.05) is 13.0 Å². The predicted octanol–water partition coefficient (Wildman–Crippen LogP) is 1.53. The maximum absolute atomic E-state index is 13.1. The first kappa shape index (κ1) is 26.8. The number of aliphatic hydroxyl groups is 1. The van der Waals surface area contributed by atoms with Crippen LogP contribution in [0, 0.1) is 5.41 Å². The number of amides is 2. The highest BCUT2D eigenvalue weighted by Gasteiger charge is 2.39. The molecule has 0 saturated carbocycles. The Kier molecular flexibility index (Phi) is 9.82. The van der Waals surface area contributed by atoms with Crippen molar-refractivity contribution in [3.63, 3.8) is 0 Å². The number of methoxy groups -OCH3 is 1. The number of hydrogen-bond acceptors (Lipinski definition) is 7. The van der Waals surface area contributed by atoms with Crippen LogP contribution in [0.15, 0.2) is 30.3 Å². The molecule has 0 radical (unpaired) electrons. The highest BCUT2D eigenvalue weighted by atomic mass is 16.6. The van der Waals surface area contributed by atoms with Crippen LogP contribution < -0.4 is 16.0 Å². The van der Waals surface area contributed by atoms with Gasteiger partial charge in [-0.3, -0.25) is 10.1 Å². The molecule has 1 fully saturated rings. The van der Waals surface area contributed by atoms with Crippen LogP contribution in [0.5, 0.6) is 0 Å². The summed E-state index contributed by atoms with van der Waals surface area (Å²) in [6, 6.07) is 8.08. The van der Waals surface area contributed by atoms with Crippen molar-refractivity contribution < 1.29 is 29.0 Å². The lowest BCUT2D eigenvalue weighted by atomic mass is 9.85. The van der Waals surface area contributed by atoms with Crippen molar-refractivity contribution in [3.05, 3.63) is 35.9 Å². The summed E-state index contributed by atoms with van der Waals surface area (Å²) in [5.41, 5.74) is 0.377. The summed E-state index contributed by atoms with van der Waals surface area (Å²) in [5, 5.41) is 19.6. The number of ether oxygens (including phenoxy) is 2. The van der Waals surface area contributed by atoms with E-state index in [-0.39, 0.29) is 24.7 Å². The van der Waals surface area contributed by atoms with E-state index >= 15 is 0 Å². The normalized spacial score (nSPS) is 20.3. The molecule has 0 aromatic heterocycles. The van der Waals surface area contributed by atoms with Gasteiger partial charge in [-0.2, -0.15) is 0 Å². The summed E-state index contributed by atoms with van der Waals surface area (Å²) < 4.78 is 10.2. The molecule has 0 spiro atoms. The van der Waals surface area contributed by atoms with Crippen molar-refractivity contribution in [1.29, 1.82) is 0 Å². The van der Waals surface area contributed by atoms with Crippen LogP contribution in [-0.2, 0) is 25.5 Å². The Balaban J connectivity index is 2.04. The molecular formula is C24H37N3O6. The van der Waals surface area contributed by atoms with Crippen LogP contribution in [0.1, 0.15) is 46.1 Å². The van der Waals surface area contributed by atoms with E-state index in [0.717, 1.165) is 5.56 Å². The lowest BCUT2D eigenvalue weighted by molar-refractivity contribution is -0.127. The minimum absolute atomic E-state index is 0.0437. The van der Waals surface area contributed by atoms with Crippen LogP contribution in [0.3, 0.4) is 0 Å². The third-order valence-electron chi connectivity index (χ3n) is 5.56. The molecule has 1 heterocycles. The Morgan fingerprint density at radius 2 is 1.82 bits per heavy atom. The number of epoxide rings is 1. The second-order valence-electron chi connectivity index (χ2n) is 9.55. The molecule has 184 valence electrons. The van der Waals surface area contributed by atoms with E-state index in [1.807, 2.05) is 51.1 Å². The number of nitrogens with one attached hydrogen (secondary N) is 3. The van der Waals surface area contributed by atoms with E-state index in [1.54, 1.807) is 6.92 Å². The lowest BCUT2D eigenvalue weighted by Gasteiger charge is -2.32. The number of carbonyl (C=O) groups is 3. The molecule has 1 aromatic rings. The standard InChI is InChI=1S/C24H37N3O6/c1-15(28)11-12-19-22(33-19)25-14-18(29)17(13-16-9-7-6-8-10-16)26-21(30)20(24(2,3)4)27-23(31)32-5/h6-10,17-20,22,25,29H,11-14H2,1-5H3,(H,26,30)(H,27,31)/t17-,18-,19?,20?,22?/m0/s1. The molecule has 2 rings (SSSR count). The molecule has 4 N–H and O–H groups in total. The molecule has 5 atom stereocenters. The second-order valence-corrected chi connectivity index (χ2v) is 9.55. The second kappa shape index (κ2) is 12.1. The van der Waals surface area contributed by atoms with Crippen LogP contribution in [0.25, 0.3) is 0 Å². The summed E-state index contributed by atoms with van der Waals surface area (Å²) in [6.07, 6.45) is -0.364. The zero-order valence-corrected chi connectivity index (χ0v) is 20.1. The Labute approximate surface area is 195 Å². The van der Waals surface area contributed by atoms with E-state index in [9.17, 15) is 19.5 Å². The summed E-state index contributed by atoms with van der Waals surface area (Å²) in [6.45, 7) is 7.25. The first-order valence-electron chi connectivity index (χ1n) is 11.3. The number of alkyl carbamates (subject to hydrolysis) is 1. The summed E-state index contributed by atoms with van der Waals surface area (Å²) >= 11 is 0. The van der Waals surface area contributed by atoms with E-state index in [1.165, 1.54) is 7.11 Å². The quantitative estimate of drug-likeness (QED) is 0.346. The van der Waals surface area contributed by atoms with Gasteiger partial charge in [0.15, 0.2) is 0 Å². The minimum Gasteiger partial charge on any atom is -0.453 e. The van der Waals surface area contributed by atoms with E-state index < -0.39 is 35.6 Å². The predicted molar refractivity (Wildman–Crippen MR) is 123 cm³/mol. The van der Waals surface area contributed by atoms with Crippen molar-refractivity contribution in [2.24, 2.45) is 5.41 Å². The molecule has 1 aromatic carbocycles. The average molecular weight is 464 g/mol. The van der Waals surface area contributed by atoms with Gasteiger partial charge in [0.25, 0.3) is 0 Å². The monoisotopic (exact) mass is 463 g/mol. The molecule has 1 saturated heterocycles. The molecule has 9 heteroatoms. The number of hydrogen-bond donors (Lipinski definition) is 4. The Morgan fingerprint density at radius 3 is 2.39 bits per heavy atom. The van der Waals surface area contributed by atoms with Gasteiger partial charge in [0.1, 0.15) is 18.1 Å². The maximum Gasteiger partial charge on any atom is 0.407 e. The van der Waals surface area contributed by atoms with Crippen molar-refractivity contribution in [2.45, 2.75) is 77.5 Å². The molecule has 0 aliphatic carbocycles. The average Bonchev–Trinajstić information content (AvgIpc) is 3.51. The first-order valence-corrected chi connectivity index (χ1v) is 11.3. The number of Topliss-reactive ketones (excluding diaryl/α,β-unsaturated/α-hetero) is 1. The van der Waals surface area contributed by atoms with Gasteiger partial charge >= 0.3 is 6.09 Å². The van der Waals surface area contributed by atoms with Gasteiger partial charge in [-0.15, -0.1) is 0 Å². The first-order chi connectivity index (χ1) is 15.5. The van der Waals surface area contributed by atoms with Crippen molar-refractivity contribution in [3.8, 4) is 0 Å². The molecule has 0 bridgehead atoms. The SMILES string of the molecule is COC(=O)NC(C(=O)N[C@@H](Cc1ccccc1)[C@@H](O)CNC1OC1CCC(C)=O)C(C)(C)C. The minimum atomic E-state index is -0.912. The molecular weight excluding hydrogens is 426 g/mol. The number of ketones is 1. The summed E-state index contributed by atoms with van der Waals surface area (Å²) in [4.78, 5) is 36.1. The highest BCUT2D eigenvalue weighted by molar-refractivity contribution is 5.86. The van der Waals surface area contributed by atoms with Gasteiger partial charge in [-0.1, -0.05) is 51.1 Å². The fraction of sp³-hybridized carbons (Fsp3) is 0.625. The van der Waals surface area contributed by atoms with Crippen molar-refractivity contribution in [1.82, 2.24) is 16.0 Å². The van der Waals surface area contributed by atoms with Crippen LogP contribution in [0.2, 0.25) is 0 Å². The van der Waals surface area contributed by atoms with Gasteiger partial charge in [0.05, 0.1) is 25.4 Å². The van der Waals surface area contributed by atoms with E-state index in [2.05, 4.69) is 20.7 Å². The van der Waals surface area contributed by atoms with Crippen LogP contribution >= 0.6 is 0 Å².